The van der Waals surface area contributed by atoms with Crippen LogP contribution < -0.4 is 5.32 Å². The van der Waals surface area contributed by atoms with Gasteiger partial charge in [0, 0.05) is 6.54 Å². The number of halogens is 2. The number of nitrogens with zero attached hydrogens (tertiary/aromatic N) is 1. The van der Waals surface area contributed by atoms with Gasteiger partial charge in [0.2, 0.25) is 0 Å². The highest BCUT2D eigenvalue weighted by Gasteiger charge is 2.18. The highest BCUT2D eigenvalue weighted by Crippen LogP contribution is 2.18. The van der Waals surface area contributed by atoms with E-state index in [0.29, 0.717) is 0 Å². The molecular formula is C16H28Cl2N2. The van der Waals surface area contributed by atoms with E-state index in [9.17, 15) is 0 Å². The Morgan fingerprint density at radius 3 is 2.35 bits per heavy atom. The molecule has 1 aromatic carbocycles. The van der Waals surface area contributed by atoms with Gasteiger partial charge in [0.05, 0.1) is 0 Å². The zero-order valence-electron chi connectivity index (χ0n) is 12.4. The Bertz CT molecular complexity index is 325. The second-order valence-electron chi connectivity index (χ2n) is 5.41. The summed E-state index contributed by atoms with van der Waals surface area (Å²) < 4.78 is 0. The van der Waals surface area contributed by atoms with Gasteiger partial charge in [-0.05, 0) is 56.9 Å². The molecule has 0 amide bonds. The van der Waals surface area contributed by atoms with Crippen molar-refractivity contribution in [1.29, 1.82) is 0 Å². The van der Waals surface area contributed by atoms with E-state index in [1.54, 1.807) is 0 Å². The third-order valence-electron chi connectivity index (χ3n) is 3.82. The highest BCUT2D eigenvalue weighted by atomic mass is 35.5. The minimum absolute atomic E-state index is 0. The Morgan fingerprint density at radius 1 is 1.10 bits per heavy atom. The lowest BCUT2D eigenvalue weighted by atomic mass is 9.96. The van der Waals surface area contributed by atoms with Gasteiger partial charge in [0.25, 0.3) is 0 Å². The number of likely N-dealkylation sites (tertiary alicyclic amines) is 1. The van der Waals surface area contributed by atoms with Crippen LogP contribution in [0.1, 0.15) is 31.7 Å². The molecule has 0 unspecified atom stereocenters. The van der Waals surface area contributed by atoms with Crippen molar-refractivity contribution >= 4 is 24.8 Å². The standard InChI is InChI=1S/C16H26N2.2ClH/c1-2-10-17-13-15-8-11-18(12-9-15)14-16-6-4-3-5-7-16;;/h3-7,15,17H,2,8-14H2,1H3;2*1H. The molecule has 1 aliphatic heterocycles. The Labute approximate surface area is 136 Å². The molecule has 0 aromatic heterocycles. The van der Waals surface area contributed by atoms with Crippen LogP contribution in [0.2, 0.25) is 0 Å². The van der Waals surface area contributed by atoms with Crippen molar-refractivity contribution < 1.29 is 0 Å². The first-order valence-electron chi connectivity index (χ1n) is 7.35. The minimum atomic E-state index is 0. The molecule has 1 saturated heterocycles. The van der Waals surface area contributed by atoms with Gasteiger partial charge in [-0.2, -0.15) is 0 Å². The average molecular weight is 319 g/mol. The van der Waals surface area contributed by atoms with Crippen LogP contribution in [-0.4, -0.2) is 31.1 Å². The van der Waals surface area contributed by atoms with E-state index >= 15 is 0 Å². The fourth-order valence-corrected chi connectivity index (χ4v) is 2.67. The molecule has 1 aromatic rings. The highest BCUT2D eigenvalue weighted by molar-refractivity contribution is 5.85. The van der Waals surface area contributed by atoms with Gasteiger partial charge in [0.15, 0.2) is 0 Å². The van der Waals surface area contributed by atoms with Crippen molar-refractivity contribution in [2.75, 3.05) is 26.2 Å². The number of hydrogen-bond donors (Lipinski definition) is 1. The van der Waals surface area contributed by atoms with Crippen LogP contribution >= 0.6 is 24.8 Å². The van der Waals surface area contributed by atoms with Crippen LogP contribution in [0.4, 0.5) is 0 Å². The summed E-state index contributed by atoms with van der Waals surface area (Å²) in [7, 11) is 0. The SMILES string of the molecule is CCCNCC1CCN(Cc2ccccc2)CC1.Cl.Cl. The lowest BCUT2D eigenvalue weighted by Crippen LogP contribution is -2.37. The maximum absolute atomic E-state index is 3.55. The molecule has 0 spiro atoms. The normalized spacial score (nSPS) is 16.2. The minimum Gasteiger partial charge on any atom is -0.316 e. The van der Waals surface area contributed by atoms with E-state index < -0.39 is 0 Å². The molecule has 2 nitrogen and oxygen atoms in total. The third-order valence-corrected chi connectivity index (χ3v) is 3.82. The first-order chi connectivity index (χ1) is 8.88. The quantitative estimate of drug-likeness (QED) is 0.804. The average Bonchev–Trinajstić information content (AvgIpc) is 2.42. The summed E-state index contributed by atoms with van der Waals surface area (Å²) >= 11 is 0. The summed E-state index contributed by atoms with van der Waals surface area (Å²) in [6.07, 6.45) is 3.94. The molecule has 0 saturated carbocycles. The van der Waals surface area contributed by atoms with Crippen molar-refractivity contribution in [2.24, 2.45) is 5.92 Å². The lowest BCUT2D eigenvalue weighted by molar-refractivity contribution is 0.175. The van der Waals surface area contributed by atoms with Gasteiger partial charge < -0.3 is 5.32 Å². The van der Waals surface area contributed by atoms with Crippen LogP contribution in [0, 0.1) is 5.92 Å². The number of piperidine rings is 1. The van der Waals surface area contributed by atoms with Gasteiger partial charge in [-0.1, -0.05) is 37.3 Å². The Balaban J connectivity index is 0.00000180. The molecule has 0 aliphatic carbocycles. The predicted molar refractivity (Wildman–Crippen MR) is 92.1 cm³/mol. The van der Waals surface area contributed by atoms with E-state index in [4.69, 9.17) is 0 Å². The number of benzene rings is 1. The van der Waals surface area contributed by atoms with Crippen LogP contribution in [-0.2, 0) is 6.54 Å². The Kier molecular flexibility index (Phi) is 11.2. The van der Waals surface area contributed by atoms with Gasteiger partial charge in [-0.3, -0.25) is 4.90 Å². The van der Waals surface area contributed by atoms with Crippen molar-refractivity contribution in [3.8, 4) is 0 Å². The largest absolute Gasteiger partial charge is 0.316 e. The molecule has 1 heterocycles. The van der Waals surface area contributed by atoms with Gasteiger partial charge in [-0.25, -0.2) is 0 Å². The summed E-state index contributed by atoms with van der Waals surface area (Å²) in [6.45, 7) is 8.25. The van der Waals surface area contributed by atoms with Crippen molar-refractivity contribution in [2.45, 2.75) is 32.7 Å². The Morgan fingerprint density at radius 2 is 1.75 bits per heavy atom. The zero-order valence-corrected chi connectivity index (χ0v) is 14.0. The monoisotopic (exact) mass is 318 g/mol. The molecule has 2 rings (SSSR count). The van der Waals surface area contributed by atoms with Crippen LogP contribution in [0.5, 0.6) is 0 Å². The molecule has 20 heavy (non-hydrogen) atoms. The molecule has 0 atom stereocenters. The topological polar surface area (TPSA) is 15.3 Å². The van der Waals surface area contributed by atoms with E-state index in [1.807, 2.05) is 0 Å². The molecule has 0 bridgehead atoms. The molecule has 1 aliphatic rings. The first kappa shape index (κ1) is 19.7. The maximum Gasteiger partial charge on any atom is 0.0233 e. The fraction of sp³-hybridized carbons (Fsp3) is 0.625. The molecule has 116 valence electrons. The van der Waals surface area contributed by atoms with Gasteiger partial charge in [-0.15, -0.1) is 24.8 Å². The lowest BCUT2D eigenvalue weighted by Gasteiger charge is -2.32. The Hall–Kier alpha value is -0.280. The summed E-state index contributed by atoms with van der Waals surface area (Å²) in [6, 6.07) is 10.8. The fourth-order valence-electron chi connectivity index (χ4n) is 2.67. The van der Waals surface area contributed by atoms with Crippen molar-refractivity contribution in [3.63, 3.8) is 0 Å². The molecule has 4 heteroatoms. The number of rotatable bonds is 6. The summed E-state index contributed by atoms with van der Waals surface area (Å²) in [5, 5.41) is 3.55. The first-order valence-corrected chi connectivity index (χ1v) is 7.35. The van der Waals surface area contributed by atoms with Gasteiger partial charge >= 0.3 is 0 Å². The smallest absolute Gasteiger partial charge is 0.0233 e. The van der Waals surface area contributed by atoms with Crippen molar-refractivity contribution in [3.05, 3.63) is 35.9 Å². The van der Waals surface area contributed by atoms with E-state index in [1.165, 1.54) is 51.0 Å². The number of hydrogen-bond acceptors (Lipinski definition) is 2. The van der Waals surface area contributed by atoms with E-state index in [-0.39, 0.29) is 24.8 Å². The molecule has 0 radical (unpaired) electrons. The summed E-state index contributed by atoms with van der Waals surface area (Å²) in [5.74, 6) is 0.892. The molecule has 1 N–H and O–H groups in total. The predicted octanol–water partition coefficient (Wildman–Crippen LogP) is 3.74. The van der Waals surface area contributed by atoms with E-state index in [2.05, 4.69) is 47.5 Å². The molecular weight excluding hydrogens is 291 g/mol. The van der Waals surface area contributed by atoms with E-state index in [0.717, 1.165) is 12.5 Å². The van der Waals surface area contributed by atoms with Crippen LogP contribution in [0.25, 0.3) is 0 Å². The second-order valence-corrected chi connectivity index (χ2v) is 5.41. The second kappa shape index (κ2) is 11.4. The van der Waals surface area contributed by atoms with Crippen LogP contribution in [0.15, 0.2) is 30.3 Å². The zero-order chi connectivity index (χ0) is 12.6. The van der Waals surface area contributed by atoms with Gasteiger partial charge in [0.1, 0.15) is 0 Å². The summed E-state index contributed by atoms with van der Waals surface area (Å²) in [4.78, 5) is 2.59. The molecule has 1 fully saturated rings. The summed E-state index contributed by atoms with van der Waals surface area (Å²) in [5.41, 5.74) is 1.44. The van der Waals surface area contributed by atoms with Crippen LogP contribution in [0.3, 0.4) is 0 Å². The van der Waals surface area contributed by atoms with Crippen molar-refractivity contribution in [1.82, 2.24) is 10.2 Å². The number of nitrogens with one attached hydrogen (secondary N) is 1. The maximum atomic E-state index is 3.55. The third kappa shape index (κ3) is 6.94.